The molecular formula is C14H16FNO3. The van der Waals surface area contributed by atoms with Crippen molar-refractivity contribution in [3.05, 3.63) is 29.6 Å². The lowest BCUT2D eigenvalue weighted by atomic mass is 9.73. The van der Waals surface area contributed by atoms with Crippen LogP contribution in [0.3, 0.4) is 0 Å². The van der Waals surface area contributed by atoms with Gasteiger partial charge in [-0.15, -0.1) is 0 Å². The monoisotopic (exact) mass is 265 g/mol. The van der Waals surface area contributed by atoms with Gasteiger partial charge in [-0.1, -0.05) is 6.07 Å². The van der Waals surface area contributed by atoms with Crippen LogP contribution in [0.4, 0.5) is 10.1 Å². The Morgan fingerprint density at radius 3 is 2.63 bits per heavy atom. The summed E-state index contributed by atoms with van der Waals surface area (Å²) in [6.45, 7) is 2.93. The van der Waals surface area contributed by atoms with E-state index in [0.29, 0.717) is 0 Å². The van der Waals surface area contributed by atoms with Crippen molar-refractivity contribution < 1.29 is 19.0 Å². The third kappa shape index (κ3) is 2.08. The molecule has 1 N–H and O–H groups in total. The number of carboxylic acids is 1. The quantitative estimate of drug-likeness (QED) is 0.890. The van der Waals surface area contributed by atoms with Gasteiger partial charge >= 0.3 is 5.97 Å². The van der Waals surface area contributed by atoms with Crippen LogP contribution in [-0.4, -0.2) is 37.4 Å². The molecule has 2 aliphatic heterocycles. The van der Waals surface area contributed by atoms with E-state index in [0.717, 1.165) is 39.1 Å². The highest BCUT2D eigenvalue weighted by molar-refractivity contribution is 5.94. The van der Waals surface area contributed by atoms with E-state index >= 15 is 0 Å². The fourth-order valence-corrected chi connectivity index (χ4v) is 3.05. The molecule has 102 valence electrons. The molecule has 2 fully saturated rings. The zero-order valence-corrected chi connectivity index (χ0v) is 10.6. The van der Waals surface area contributed by atoms with Gasteiger partial charge in [-0.25, -0.2) is 9.18 Å². The Balaban J connectivity index is 1.83. The second-order valence-electron chi connectivity index (χ2n) is 5.41. The fraction of sp³-hybridized carbons (Fsp3) is 0.500. The summed E-state index contributed by atoms with van der Waals surface area (Å²) in [6.07, 6.45) is 1.95. The Morgan fingerprint density at radius 1 is 1.32 bits per heavy atom. The summed E-state index contributed by atoms with van der Waals surface area (Å²) < 4.78 is 19.2. The molecule has 0 amide bonds. The first-order chi connectivity index (χ1) is 9.11. The maximum atomic E-state index is 13.9. The Bertz CT molecular complexity index is 503. The molecule has 1 spiro atoms. The molecule has 4 nitrogen and oxygen atoms in total. The molecule has 0 aromatic heterocycles. The van der Waals surface area contributed by atoms with Crippen LogP contribution < -0.4 is 4.90 Å². The fourth-order valence-electron chi connectivity index (χ4n) is 3.05. The van der Waals surface area contributed by atoms with Gasteiger partial charge < -0.3 is 14.7 Å². The van der Waals surface area contributed by atoms with Gasteiger partial charge in [0.15, 0.2) is 0 Å². The molecule has 5 heteroatoms. The molecule has 2 saturated heterocycles. The standard InChI is InChI=1S/C14H16FNO3/c15-11-3-1-2-10(13(17)18)12(11)16-8-14(9-16)4-6-19-7-5-14/h1-3H,4-9H2,(H,17,18). The van der Waals surface area contributed by atoms with Crippen molar-refractivity contribution in [3.8, 4) is 0 Å². The summed E-state index contributed by atoms with van der Waals surface area (Å²) in [5.41, 5.74) is 0.463. The van der Waals surface area contributed by atoms with Crippen LogP contribution in [0.5, 0.6) is 0 Å². The number of para-hydroxylation sites is 1. The number of carbonyl (C=O) groups is 1. The number of hydrogen-bond acceptors (Lipinski definition) is 3. The minimum atomic E-state index is -1.08. The maximum Gasteiger partial charge on any atom is 0.337 e. The molecular weight excluding hydrogens is 249 g/mol. The molecule has 2 heterocycles. The van der Waals surface area contributed by atoms with Gasteiger partial charge in [0.1, 0.15) is 5.82 Å². The van der Waals surface area contributed by atoms with Gasteiger partial charge in [0.05, 0.1) is 11.3 Å². The van der Waals surface area contributed by atoms with Crippen LogP contribution in [0.25, 0.3) is 0 Å². The van der Waals surface area contributed by atoms with E-state index in [-0.39, 0.29) is 16.7 Å². The van der Waals surface area contributed by atoms with Crippen LogP contribution >= 0.6 is 0 Å². The molecule has 0 atom stereocenters. The average Bonchev–Trinajstić information content (AvgIpc) is 2.36. The van der Waals surface area contributed by atoms with Crippen LogP contribution in [0.2, 0.25) is 0 Å². The predicted molar refractivity (Wildman–Crippen MR) is 68.1 cm³/mol. The van der Waals surface area contributed by atoms with Crippen LogP contribution in [0, 0.1) is 11.2 Å². The number of carboxylic acid groups (broad SMARTS) is 1. The van der Waals surface area contributed by atoms with E-state index in [1.54, 1.807) is 0 Å². The van der Waals surface area contributed by atoms with E-state index in [1.165, 1.54) is 18.2 Å². The first kappa shape index (κ1) is 12.4. The van der Waals surface area contributed by atoms with Gasteiger partial charge in [-0.3, -0.25) is 0 Å². The Morgan fingerprint density at radius 2 is 2.00 bits per heavy atom. The molecule has 3 rings (SSSR count). The van der Waals surface area contributed by atoms with Crippen molar-refractivity contribution in [3.63, 3.8) is 0 Å². The van der Waals surface area contributed by atoms with E-state index in [1.807, 2.05) is 4.90 Å². The van der Waals surface area contributed by atoms with Gasteiger partial charge in [0.2, 0.25) is 0 Å². The van der Waals surface area contributed by atoms with Gasteiger partial charge in [0, 0.05) is 31.7 Å². The highest BCUT2D eigenvalue weighted by atomic mass is 19.1. The molecule has 1 aromatic carbocycles. The lowest BCUT2D eigenvalue weighted by molar-refractivity contribution is -0.000501. The molecule has 0 unspecified atom stereocenters. The summed E-state index contributed by atoms with van der Waals surface area (Å²) in [4.78, 5) is 13.0. The van der Waals surface area contributed by atoms with Gasteiger partial charge in [-0.2, -0.15) is 0 Å². The lowest BCUT2D eigenvalue weighted by Gasteiger charge is -2.53. The number of hydrogen-bond donors (Lipinski definition) is 1. The molecule has 0 radical (unpaired) electrons. The van der Waals surface area contributed by atoms with Crippen LogP contribution in [0.15, 0.2) is 18.2 Å². The number of anilines is 1. The highest BCUT2D eigenvalue weighted by Gasteiger charge is 2.45. The largest absolute Gasteiger partial charge is 0.478 e. The maximum absolute atomic E-state index is 13.9. The Labute approximate surface area is 110 Å². The SMILES string of the molecule is O=C(O)c1cccc(F)c1N1CC2(CCOCC2)C1. The third-order valence-electron chi connectivity index (χ3n) is 4.14. The number of rotatable bonds is 2. The number of ether oxygens (including phenoxy) is 1. The minimum Gasteiger partial charge on any atom is -0.478 e. The number of nitrogens with zero attached hydrogens (tertiary/aromatic N) is 1. The number of benzene rings is 1. The van der Waals surface area contributed by atoms with E-state index in [2.05, 4.69) is 0 Å². The van der Waals surface area contributed by atoms with E-state index in [4.69, 9.17) is 9.84 Å². The summed E-state index contributed by atoms with van der Waals surface area (Å²) in [7, 11) is 0. The predicted octanol–water partition coefficient (Wildman–Crippen LogP) is 2.14. The molecule has 0 saturated carbocycles. The van der Waals surface area contributed by atoms with Crippen molar-refractivity contribution >= 4 is 11.7 Å². The summed E-state index contributed by atoms with van der Waals surface area (Å²) in [5.74, 6) is -1.54. The summed E-state index contributed by atoms with van der Waals surface area (Å²) in [5, 5.41) is 9.15. The first-order valence-electron chi connectivity index (χ1n) is 6.46. The smallest absolute Gasteiger partial charge is 0.337 e. The summed E-state index contributed by atoms with van der Waals surface area (Å²) >= 11 is 0. The molecule has 0 bridgehead atoms. The normalized spacial score (nSPS) is 21.2. The van der Waals surface area contributed by atoms with E-state index in [9.17, 15) is 9.18 Å². The second-order valence-corrected chi connectivity index (χ2v) is 5.41. The summed E-state index contributed by atoms with van der Waals surface area (Å²) in [6, 6.07) is 4.21. The van der Waals surface area contributed by atoms with Gasteiger partial charge in [0.25, 0.3) is 0 Å². The number of halogens is 1. The van der Waals surface area contributed by atoms with Crippen LogP contribution in [-0.2, 0) is 4.74 Å². The molecule has 19 heavy (non-hydrogen) atoms. The topological polar surface area (TPSA) is 49.8 Å². The lowest BCUT2D eigenvalue weighted by Crippen LogP contribution is -2.59. The van der Waals surface area contributed by atoms with Crippen molar-refractivity contribution in [2.24, 2.45) is 5.41 Å². The molecule has 0 aliphatic carbocycles. The molecule has 2 aliphatic rings. The van der Waals surface area contributed by atoms with Crippen molar-refractivity contribution in [2.75, 3.05) is 31.2 Å². The van der Waals surface area contributed by atoms with E-state index < -0.39 is 11.8 Å². The number of aromatic carboxylic acids is 1. The third-order valence-corrected chi connectivity index (χ3v) is 4.14. The molecule has 1 aromatic rings. The second kappa shape index (κ2) is 4.49. The zero-order chi connectivity index (χ0) is 13.5. The zero-order valence-electron chi connectivity index (χ0n) is 10.6. The average molecular weight is 265 g/mol. The van der Waals surface area contributed by atoms with Gasteiger partial charge in [-0.05, 0) is 25.0 Å². The minimum absolute atomic E-state index is 0.0434. The Hall–Kier alpha value is -1.62. The highest BCUT2D eigenvalue weighted by Crippen LogP contribution is 2.43. The first-order valence-corrected chi connectivity index (χ1v) is 6.46. The van der Waals surface area contributed by atoms with Crippen molar-refractivity contribution in [1.29, 1.82) is 0 Å². The Kier molecular flexibility index (Phi) is 2.93. The van der Waals surface area contributed by atoms with Crippen molar-refractivity contribution in [1.82, 2.24) is 0 Å². The van der Waals surface area contributed by atoms with Crippen molar-refractivity contribution in [2.45, 2.75) is 12.8 Å². The van der Waals surface area contributed by atoms with Crippen LogP contribution in [0.1, 0.15) is 23.2 Å².